The van der Waals surface area contributed by atoms with E-state index in [1.54, 1.807) is 0 Å². The molecule has 0 aromatic carbocycles. The molecule has 2 saturated carbocycles. The van der Waals surface area contributed by atoms with Crippen LogP contribution in [0.25, 0.3) is 0 Å². The van der Waals surface area contributed by atoms with E-state index in [1.165, 1.54) is 11.1 Å². The minimum Gasteiger partial charge on any atom is -0.550 e. The molecule has 3 heteroatoms. The van der Waals surface area contributed by atoms with E-state index in [0.29, 0.717) is 18.3 Å². The Hall–Kier alpha value is -1.38. The quantitative estimate of drug-likeness (QED) is 0.696. The van der Waals surface area contributed by atoms with Gasteiger partial charge in [-0.15, -0.1) is 0 Å². The van der Waals surface area contributed by atoms with Crippen molar-refractivity contribution in [2.24, 2.45) is 34.5 Å². The zero-order chi connectivity index (χ0) is 17.3. The van der Waals surface area contributed by atoms with Gasteiger partial charge in [-0.1, -0.05) is 38.0 Å². The number of rotatable bonds is 1. The van der Waals surface area contributed by atoms with Gasteiger partial charge in [-0.2, -0.15) is 0 Å². The van der Waals surface area contributed by atoms with E-state index in [2.05, 4.69) is 26.8 Å². The van der Waals surface area contributed by atoms with Crippen LogP contribution in [-0.2, 0) is 9.59 Å². The van der Waals surface area contributed by atoms with Crippen LogP contribution in [0.1, 0.15) is 59.3 Å². The SMILES string of the molecule is C[C@@H]1C[C@H]2[C@@H]3CCC4=CC(=O)CC[C@]4(C)C3=CC[C@]2(C)[C@H]1C(=O)[O-]. The largest absolute Gasteiger partial charge is 0.550 e. The van der Waals surface area contributed by atoms with Crippen molar-refractivity contribution >= 4 is 11.8 Å². The lowest BCUT2D eigenvalue weighted by Gasteiger charge is -2.53. The summed E-state index contributed by atoms with van der Waals surface area (Å²) in [4.78, 5) is 23.6. The Morgan fingerprint density at radius 3 is 2.75 bits per heavy atom. The van der Waals surface area contributed by atoms with Crippen LogP contribution in [0.2, 0.25) is 0 Å². The van der Waals surface area contributed by atoms with Crippen LogP contribution in [0.5, 0.6) is 0 Å². The first-order valence-corrected chi connectivity index (χ1v) is 9.42. The molecule has 0 spiro atoms. The van der Waals surface area contributed by atoms with E-state index < -0.39 is 5.97 Å². The lowest BCUT2D eigenvalue weighted by molar-refractivity contribution is -0.316. The van der Waals surface area contributed by atoms with Gasteiger partial charge in [0.05, 0.1) is 0 Å². The van der Waals surface area contributed by atoms with Gasteiger partial charge in [-0.25, -0.2) is 0 Å². The number of carbonyl (C=O) groups is 2. The Kier molecular flexibility index (Phi) is 3.40. The number of carboxylic acids is 1. The van der Waals surface area contributed by atoms with Gasteiger partial charge in [0.25, 0.3) is 0 Å². The van der Waals surface area contributed by atoms with E-state index in [4.69, 9.17) is 0 Å². The number of aliphatic carboxylic acids is 1. The van der Waals surface area contributed by atoms with Crippen molar-refractivity contribution in [1.82, 2.24) is 0 Å². The third-order valence-electron chi connectivity index (χ3n) is 7.93. The highest BCUT2D eigenvalue weighted by molar-refractivity contribution is 5.92. The molecule has 130 valence electrons. The molecule has 0 aromatic heterocycles. The molecule has 24 heavy (non-hydrogen) atoms. The summed E-state index contributed by atoms with van der Waals surface area (Å²) in [5.41, 5.74) is 2.67. The van der Waals surface area contributed by atoms with E-state index >= 15 is 0 Å². The van der Waals surface area contributed by atoms with Crippen LogP contribution >= 0.6 is 0 Å². The summed E-state index contributed by atoms with van der Waals surface area (Å²) in [6.07, 6.45) is 9.68. The summed E-state index contributed by atoms with van der Waals surface area (Å²) in [5, 5.41) is 11.8. The van der Waals surface area contributed by atoms with Crippen molar-refractivity contribution in [3.63, 3.8) is 0 Å². The molecule has 0 aromatic rings. The monoisotopic (exact) mass is 327 g/mol. The van der Waals surface area contributed by atoms with Crippen molar-refractivity contribution in [3.05, 3.63) is 23.3 Å². The topological polar surface area (TPSA) is 57.2 Å². The molecule has 0 radical (unpaired) electrons. The average Bonchev–Trinajstić information content (AvgIpc) is 2.78. The second-order valence-corrected chi connectivity index (χ2v) is 9.10. The number of carbonyl (C=O) groups excluding carboxylic acids is 2. The lowest BCUT2D eigenvalue weighted by Crippen LogP contribution is -2.48. The highest BCUT2D eigenvalue weighted by Gasteiger charge is 2.58. The van der Waals surface area contributed by atoms with Crippen LogP contribution in [0.15, 0.2) is 23.3 Å². The smallest absolute Gasteiger partial charge is 0.155 e. The van der Waals surface area contributed by atoms with Crippen LogP contribution in [-0.4, -0.2) is 11.8 Å². The maximum atomic E-state index is 11.8. The summed E-state index contributed by atoms with van der Waals surface area (Å²) in [6.45, 7) is 6.56. The number of hydrogen-bond donors (Lipinski definition) is 0. The molecular weight excluding hydrogens is 300 g/mol. The summed E-state index contributed by atoms with van der Waals surface area (Å²) in [7, 11) is 0. The molecule has 0 N–H and O–H groups in total. The van der Waals surface area contributed by atoms with Crippen molar-refractivity contribution in [3.8, 4) is 0 Å². The fourth-order valence-corrected chi connectivity index (χ4v) is 6.73. The highest BCUT2D eigenvalue weighted by Crippen LogP contribution is 2.65. The maximum absolute atomic E-state index is 11.8. The lowest BCUT2D eigenvalue weighted by atomic mass is 9.51. The van der Waals surface area contributed by atoms with Crippen molar-refractivity contribution in [1.29, 1.82) is 0 Å². The van der Waals surface area contributed by atoms with Crippen LogP contribution < -0.4 is 5.11 Å². The summed E-state index contributed by atoms with van der Waals surface area (Å²) >= 11 is 0. The molecule has 3 nitrogen and oxygen atoms in total. The molecule has 4 aliphatic carbocycles. The zero-order valence-corrected chi connectivity index (χ0v) is 14.9. The van der Waals surface area contributed by atoms with Crippen molar-refractivity contribution < 1.29 is 14.7 Å². The molecule has 0 unspecified atom stereocenters. The van der Waals surface area contributed by atoms with Gasteiger partial charge < -0.3 is 9.90 Å². The first-order chi connectivity index (χ1) is 11.3. The first-order valence-electron chi connectivity index (χ1n) is 9.42. The molecular formula is C21H27O3-. The number of carboxylic acid groups (broad SMARTS) is 1. The number of allylic oxidation sites excluding steroid dienone is 4. The summed E-state index contributed by atoms with van der Waals surface area (Å²) in [6, 6.07) is 0. The number of fused-ring (bicyclic) bond motifs is 5. The van der Waals surface area contributed by atoms with Crippen LogP contribution in [0, 0.1) is 34.5 Å². The predicted octanol–water partition coefficient (Wildman–Crippen LogP) is 3.05. The molecule has 4 rings (SSSR count). The zero-order valence-electron chi connectivity index (χ0n) is 14.9. The Morgan fingerprint density at radius 2 is 2.04 bits per heavy atom. The molecule has 0 saturated heterocycles. The minimum absolute atomic E-state index is 0.0287. The molecule has 4 aliphatic rings. The Bertz CT molecular complexity index is 673. The second kappa shape index (κ2) is 5.06. The van der Waals surface area contributed by atoms with Gasteiger partial charge in [0.15, 0.2) is 5.78 Å². The predicted molar refractivity (Wildman–Crippen MR) is 89.7 cm³/mol. The first kappa shape index (κ1) is 16.1. The third kappa shape index (κ3) is 1.96. The molecule has 6 atom stereocenters. The fraction of sp³-hybridized carbons (Fsp3) is 0.714. The molecule has 0 heterocycles. The summed E-state index contributed by atoms with van der Waals surface area (Å²) in [5.74, 6) is 0.176. The third-order valence-corrected chi connectivity index (χ3v) is 7.93. The van der Waals surface area contributed by atoms with E-state index in [1.807, 2.05) is 6.08 Å². The molecule has 0 aliphatic heterocycles. The van der Waals surface area contributed by atoms with Gasteiger partial charge in [-0.05, 0) is 61.3 Å². The van der Waals surface area contributed by atoms with Gasteiger partial charge in [-0.3, -0.25) is 4.79 Å². The van der Waals surface area contributed by atoms with Gasteiger partial charge >= 0.3 is 0 Å². The normalized spacial score (nSPS) is 47.2. The van der Waals surface area contributed by atoms with E-state index in [0.717, 1.165) is 32.1 Å². The Morgan fingerprint density at radius 1 is 1.29 bits per heavy atom. The molecule has 2 fully saturated rings. The van der Waals surface area contributed by atoms with Crippen molar-refractivity contribution in [2.45, 2.75) is 59.3 Å². The van der Waals surface area contributed by atoms with Crippen LogP contribution in [0.3, 0.4) is 0 Å². The van der Waals surface area contributed by atoms with Gasteiger partial charge in [0.2, 0.25) is 0 Å². The average molecular weight is 327 g/mol. The van der Waals surface area contributed by atoms with Gasteiger partial charge in [0, 0.05) is 23.7 Å². The molecule has 0 bridgehead atoms. The highest BCUT2D eigenvalue weighted by atomic mass is 16.4. The van der Waals surface area contributed by atoms with Crippen molar-refractivity contribution in [2.75, 3.05) is 0 Å². The van der Waals surface area contributed by atoms with E-state index in [-0.39, 0.29) is 28.4 Å². The standard InChI is InChI=1S/C21H28O3/c1-12-10-17-15-5-4-13-11-14(22)6-8-20(13,2)16(15)7-9-21(17,3)18(12)19(23)24/h7,11-12,15,17-18H,4-6,8-10H2,1-3H3,(H,23,24)/p-1/t12-,15-,17+,18-,20+,21+/m1/s1. The molecule has 0 amide bonds. The minimum atomic E-state index is -0.866. The summed E-state index contributed by atoms with van der Waals surface area (Å²) < 4.78 is 0. The second-order valence-electron chi connectivity index (χ2n) is 9.10. The fourth-order valence-electron chi connectivity index (χ4n) is 6.73. The van der Waals surface area contributed by atoms with E-state index in [9.17, 15) is 14.7 Å². The Balaban J connectivity index is 1.76. The number of hydrogen-bond acceptors (Lipinski definition) is 3. The van der Waals surface area contributed by atoms with Gasteiger partial charge in [0.1, 0.15) is 0 Å². The van der Waals surface area contributed by atoms with Crippen LogP contribution in [0.4, 0.5) is 0 Å². The number of ketones is 1. The Labute approximate surface area is 144 Å². The maximum Gasteiger partial charge on any atom is 0.155 e.